The van der Waals surface area contributed by atoms with Gasteiger partial charge >= 0.3 is 0 Å². The molecule has 0 aliphatic heterocycles. The first-order chi connectivity index (χ1) is 13.4. The zero-order chi connectivity index (χ0) is 20.0. The molecule has 2 aromatic carbocycles. The molecule has 0 radical (unpaired) electrons. The van der Waals surface area contributed by atoms with Crippen LogP contribution in [0, 0.1) is 13.8 Å². The SMILES string of the molecule is Cc1cc(C=C2C(=O)c3ccccc3C2=O)c(C)n1-c1ccc(N(C)C)cc1. The van der Waals surface area contributed by atoms with Crippen LogP contribution in [0.3, 0.4) is 0 Å². The van der Waals surface area contributed by atoms with Crippen LogP contribution in [0.25, 0.3) is 11.8 Å². The lowest BCUT2D eigenvalue weighted by Crippen LogP contribution is -2.08. The molecule has 4 nitrogen and oxygen atoms in total. The fourth-order valence-corrected chi connectivity index (χ4v) is 3.79. The maximum absolute atomic E-state index is 12.7. The number of Topliss-reactive ketones (excluding diaryl/α,β-unsaturated/α-hetero) is 2. The number of nitrogens with zero attached hydrogens (tertiary/aromatic N) is 2. The molecule has 0 fully saturated rings. The first kappa shape index (κ1) is 18.0. The second kappa shape index (κ2) is 6.64. The lowest BCUT2D eigenvalue weighted by atomic mass is 10.1. The highest BCUT2D eigenvalue weighted by atomic mass is 16.2. The summed E-state index contributed by atoms with van der Waals surface area (Å²) in [7, 11) is 4.03. The number of ketones is 2. The Balaban J connectivity index is 1.76. The molecule has 28 heavy (non-hydrogen) atoms. The molecule has 0 saturated heterocycles. The summed E-state index contributed by atoms with van der Waals surface area (Å²) in [6.45, 7) is 4.04. The van der Waals surface area contributed by atoms with E-state index in [1.807, 2.05) is 34.0 Å². The molecule has 4 rings (SSSR count). The van der Waals surface area contributed by atoms with Gasteiger partial charge < -0.3 is 9.47 Å². The smallest absolute Gasteiger partial charge is 0.197 e. The number of anilines is 1. The number of aromatic nitrogens is 1. The predicted molar refractivity (Wildman–Crippen MR) is 113 cm³/mol. The maximum atomic E-state index is 12.7. The van der Waals surface area contributed by atoms with Crippen LogP contribution in [0.15, 0.2) is 60.2 Å². The van der Waals surface area contributed by atoms with Gasteiger partial charge in [0.25, 0.3) is 0 Å². The van der Waals surface area contributed by atoms with E-state index in [-0.39, 0.29) is 17.1 Å². The Morgan fingerprint density at radius 2 is 1.43 bits per heavy atom. The van der Waals surface area contributed by atoms with E-state index in [1.165, 1.54) is 0 Å². The summed E-state index contributed by atoms with van der Waals surface area (Å²) in [6, 6.07) is 17.3. The second-order valence-electron chi connectivity index (χ2n) is 7.33. The van der Waals surface area contributed by atoms with Gasteiger partial charge in [0.15, 0.2) is 11.6 Å². The van der Waals surface area contributed by atoms with Crippen molar-refractivity contribution in [3.05, 3.63) is 88.2 Å². The lowest BCUT2D eigenvalue weighted by molar-refractivity contribution is 0.0990. The normalized spacial score (nSPS) is 13.1. The fraction of sp³-hybridized carbons (Fsp3) is 0.167. The number of allylic oxidation sites excluding steroid dienone is 1. The van der Waals surface area contributed by atoms with Crippen molar-refractivity contribution in [1.82, 2.24) is 4.57 Å². The van der Waals surface area contributed by atoms with E-state index in [0.717, 1.165) is 28.3 Å². The Bertz CT molecular complexity index is 1090. The van der Waals surface area contributed by atoms with E-state index in [1.54, 1.807) is 30.3 Å². The van der Waals surface area contributed by atoms with Crippen LogP contribution in [-0.4, -0.2) is 30.2 Å². The molecule has 0 bridgehead atoms. The van der Waals surface area contributed by atoms with Gasteiger partial charge in [-0.25, -0.2) is 0 Å². The minimum absolute atomic E-state index is 0.194. The number of benzene rings is 2. The van der Waals surface area contributed by atoms with E-state index >= 15 is 0 Å². The minimum atomic E-state index is -0.194. The van der Waals surface area contributed by atoms with E-state index in [0.29, 0.717) is 11.1 Å². The van der Waals surface area contributed by atoms with Crippen LogP contribution in [0.5, 0.6) is 0 Å². The van der Waals surface area contributed by atoms with Crippen molar-refractivity contribution in [2.45, 2.75) is 13.8 Å². The van der Waals surface area contributed by atoms with Crippen LogP contribution < -0.4 is 4.90 Å². The molecular weight excluding hydrogens is 348 g/mol. The van der Waals surface area contributed by atoms with Crippen LogP contribution in [-0.2, 0) is 0 Å². The molecule has 4 heteroatoms. The molecule has 1 aromatic heterocycles. The van der Waals surface area contributed by atoms with Gasteiger partial charge in [0.1, 0.15) is 0 Å². The van der Waals surface area contributed by atoms with E-state index < -0.39 is 0 Å². The van der Waals surface area contributed by atoms with Gasteiger partial charge in [0.05, 0.1) is 5.57 Å². The molecule has 3 aromatic rings. The molecular formula is C24H22N2O2. The summed E-state index contributed by atoms with van der Waals surface area (Å²) in [4.78, 5) is 27.4. The third-order valence-electron chi connectivity index (χ3n) is 5.30. The Morgan fingerprint density at radius 1 is 0.857 bits per heavy atom. The van der Waals surface area contributed by atoms with Gasteiger partial charge in [-0.05, 0) is 55.8 Å². The second-order valence-corrected chi connectivity index (χ2v) is 7.33. The fourth-order valence-electron chi connectivity index (χ4n) is 3.79. The number of rotatable bonds is 3. The Kier molecular flexibility index (Phi) is 4.27. The van der Waals surface area contributed by atoms with Gasteiger partial charge in [0, 0.05) is 48.0 Å². The molecule has 1 heterocycles. The van der Waals surface area contributed by atoms with Crippen molar-refractivity contribution in [1.29, 1.82) is 0 Å². The standard InChI is InChI=1S/C24H22N2O2/c1-15-13-17(14-22-23(27)20-7-5-6-8-21(20)24(22)28)16(2)26(15)19-11-9-18(10-12-19)25(3)4/h5-14H,1-4H3. The van der Waals surface area contributed by atoms with Gasteiger partial charge in [-0.3, -0.25) is 9.59 Å². The van der Waals surface area contributed by atoms with Gasteiger partial charge in [0.2, 0.25) is 0 Å². The summed E-state index contributed by atoms with van der Waals surface area (Å²) < 4.78 is 2.14. The van der Waals surface area contributed by atoms with Crippen LogP contribution in [0.2, 0.25) is 0 Å². The Morgan fingerprint density at radius 3 is 1.96 bits per heavy atom. The van der Waals surface area contributed by atoms with Crippen LogP contribution in [0.1, 0.15) is 37.7 Å². The molecule has 0 atom stereocenters. The molecule has 0 spiro atoms. The Labute approximate surface area is 164 Å². The summed E-state index contributed by atoms with van der Waals surface area (Å²) in [5, 5.41) is 0. The molecule has 1 aliphatic rings. The van der Waals surface area contributed by atoms with Crippen molar-refractivity contribution < 1.29 is 9.59 Å². The number of carbonyl (C=O) groups excluding carboxylic acids is 2. The number of fused-ring (bicyclic) bond motifs is 1. The average Bonchev–Trinajstić information content (AvgIpc) is 3.10. The minimum Gasteiger partial charge on any atom is -0.378 e. The quantitative estimate of drug-likeness (QED) is 0.499. The first-order valence-electron chi connectivity index (χ1n) is 9.25. The zero-order valence-electron chi connectivity index (χ0n) is 16.5. The highest BCUT2D eigenvalue weighted by Gasteiger charge is 2.32. The summed E-state index contributed by atoms with van der Waals surface area (Å²) in [5.74, 6) is -0.388. The Hall–Kier alpha value is -3.40. The largest absolute Gasteiger partial charge is 0.378 e. The molecule has 1 aliphatic carbocycles. The van der Waals surface area contributed by atoms with Gasteiger partial charge in [-0.1, -0.05) is 24.3 Å². The van der Waals surface area contributed by atoms with Crippen molar-refractivity contribution in [2.24, 2.45) is 0 Å². The number of aryl methyl sites for hydroxylation is 1. The number of hydrogen-bond acceptors (Lipinski definition) is 3. The highest BCUT2D eigenvalue weighted by molar-refractivity contribution is 6.41. The molecule has 0 unspecified atom stereocenters. The third-order valence-corrected chi connectivity index (χ3v) is 5.30. The van der Waals surface area contributed by atoms with Crippen LogP contribution in [0.4, 0.5) is 5.69 Å². The van der Waals surface area contributed by atoms with E-state index in [2.05, 4.69) is 33.7 Å². The number of hydrogen-bond donors (Lipinski definition) is 0. The average molecular weight is 370 g/mol. The van der Waals surface area contributed by atoms with Gasteiger partial charge in [-0.2, -0.15) is 0 Å². The molecule has 140 valence electrons. The van der Waals surface area contributed by atoms with Crippen molar-refractivity contribution in [3.63, 3.8) is 0 Å². The predicted octanol–water partition coefficient (Wildman–Crippen LogP) is 4.62. The first-order valence-corrected chi connectivity index (χ1v) is 9.25. The molecule has 0 amide bonds. The summed E-state index contributed by atoms with van der Waals surface area (Å²) in [6.07, 6.45) is 1.73. The third kappa shape index (κ3) is 2.78. The number of carbonyl (C=O) groups is 2. The van der Waals surface area contributed by atoms with E-state index in [4.69, 9.17) is 0 Å². The monoisotopic (exact) mass is 370 g/mol. The van der Waals surface area contributed by atoms with Crippen molar-refractivity contribution in [3.8, 4) is 5.69 Å². The lowest BCUT2D eigenvalue weighted by Gasteiger charge is -2.14. The topological polar surface area (TPSA) is 42.3 Å². The van der Waals surface area contributed by atoms with E-state index in [9.17, 15) is 9.59 Å². The van der Waals surface area contributed by atoms with Crippen molar-refractivity contribution in [2.75, 3.05) is 19.0 Å². The molecule has 0 N–H and O–H groups in total. The maximum Gasteiger partial charge on any atom is 0.197 e. The summed E-state index contributed by atoms with van der Waals surface area (Å²) >= 11 is 0. The zero-order valence-corrected chi connectivity index (χ0v) is 16.5. The van der Waals surface area contributed by atoms with Crippen LogP contribution >= 0.6 is 0 Å². The highest BCUT2D eigenvalue weighted by Crippen LogP contribution is 2.30. The van der Waals surface area contributed by atoms with Crippen molar-refractivity contribution >= 4 is 23.3 Å². The van der Waals surface area contributed by atoms with Gasteiger partial charge in [-0.15, -0.1) is 0 Å². The molecule has 0 saturated carbocycles. The summed E-state index contributed by atoms with van der Waals surface area (Å²) in [5.41, 5.74) is 6.35.